The van der Waals surface area contributed by atoms with Crippen molar-refractivity contribution in [2.24, 2.45) is 5.92 Å². The maximum absolute atomic E-state index is 13.4. The number of hydrogen-bond acceptors (Lipinski definition) is 4. The van der Waals surface area contributed by atoms with Crippen LogP contribution in [0.15, 0.2) is 48.5 Å². The van der Waals surface area contributed by atoms with Crippen molar-refractivity contribution in [3.63, 3.8) is 0 Å². The lowest BCUT2D eigenvalue weighted by Crippen LogP contribution is -2.51. The normalized spacial score (nSPS) is 23.8. The van der Waals surface area contributed by atoms with E-state index in [4.69, 9.17) is 4.74 Å². The van der Waals surface area contributed by atoms with Gasteiger partial charge in [0.25, 0.3) is 0 Å². The smallest absolute Gasteiger partial charge is 0.407 e. The van der Waals surface area contributed by atoms with Crippen LogP contribution in [0.1, 0.15) is 62.0 Å². The van der Waals surface area contributed by atoms with E-state index in [0.29, 0.717) is 25.8 Å². The molecule has 2 aromatic rings. The average Bonchev–Trinajstić information content (AvgIpc) is 3.35. The molecule has 1 unspecified atom stereocenters. The molecule has 7 nitrogen and oxygen atoms in total. The van der Waals surface area contributed by atoms with Gasteiger partial charge in [0, 0.05) is 18.5 Å². The third kappa shape index (κ3) is 4.64. The van der Waals surface area contributed by atoms with Crippen molar-refractivity contribution in [3.8, 4) is 11.1 Å². The summed E-state index contributed by atoms with van der Waals surface area (Å²) in [5.74, 6) is -1.53. The number of carbonyl (C=O) groups is 3. The van der Waals surface area contributed by atoms with Crippen LogP contribution in [0.3, 0.4) is 0 Å². The Bertz CT molecular complexity index is 1070. The highest BCUT2D eigenvalue weighted by atomic mass is 16.5. The van der Waals surface area contributed by atoms with Crippen LogP contribution in [0.5, 0.6) is 0 Å². The minimum absolute atomic E-state index is 0.0254. The first-order chi connectivity index (χ1) is 17.0. The van der Waals surface area contributed by atoms with Crippen molar-refractivity contribution in [1.82, 2.24) is 10.2 Å². The molecule has 0 radical (unpaired) electrons. The number of ether oxygens (including phenoxy) is 1. The fourth-order valence-electron chi connectivity index (χ4n) is 6.06. The van der Waals surface area contributed by atoms with E-state index in [1.165, 1.54) is 16.0 Å². The Morgan fingerprint density at radius 2 is 1.57 bits per heavy atom. The lowest BCUT2D eigenvalue weighted by atomic mass is 9.98. The molecule has 3 atom stereocenters. The minimum Gasteiger partial charge on any atom is -0.480 e. The topological polar surface area (TPSA) is 95.9 Å². The first-order valence-corrected chi connectivity index (χ1v) is 12.7. The van der Waals surface area contributed by atoms with Crippen LogP contribution in [-0.2, 0) is 14.3 Å². The number of rotatable bonds is 5. The number of fused-ring (bicyclic) bond motifs is 3. The van der Waals surface area contributed by atoms with Gasteiger partial charge in [-0.15, -0.1) is 0 Å². The highest BCUT2D eigenvalue weighted by Gasteiger charge is 2.41. The number of nitrogens with one attached hydrogen (secondary N) is 1. The van der Waals surface area contributed by atoms with Crippen molar-refractivity contribution in [3.05, 3.63) is 59.7 Å². The number of benzene rings is 2. The van der Waals surface area contributed by atoms with Gasteiger partial charge >= 0.3 is 12.1 Å². The van der Waals surface area contributed by atoms with Gasteiger partial charge in [0.1, 0.15) is 12.6 Å². The molecule has 5 rings (SSSR count). The second-order valence-corrected chi connectivity index (χ2v) is 9.85. The van der Waals surface area contributed by atoms with Crippen molar-refractivity contribution in [1.29, 1.82) is 0 Å². The van der Waals surface area contributed by atoms with E-state index >= 15 is 0 Å². The molecule has 35 heavy (non-hydrogen) atoms. The summed E-state index contributed by atoms with van der Waals surface area (Å²) in [6.07, 6.45) is 4.66. The predicted molar refractivity (Wildman–Crippen MR) is 131 cm³/mol. The largest absolute Gasteiger partial charge is 0.480 e. The number of carbonyl (C=O) groups excluding carboxylic acids is 2. The van der Waals surface area contributed by atoms with Gasteiger partial charge < -0.3 is 20.1 Å². The maximum atomic E-state index is 13.4. The summed E-state index contributed by atoms with van der Waals surface area (Å²) in [5, 5.41) is 12.6. The number of carboxylic acids is 1. The van der Waals surface area contributed by atoms with Gasteiger partial charge in [0.15, 0.2) is 0 Å². The zero-order valence-electron chi connectivity index (χ0n) is 19.8. The number of alkyl carbamates (subject to hydrolysis) is 1. The van der Waals surface area contributed by atoms with Crippen LogP contribution in [0.25, 0.3) is 11.1 Å². The highest BCUT2D eigenvalue weighted by Crippen LogP contribution is 2.44. The SMILES string of the molecule is O=C(N[C@H]1CCC[C@H]1C(=O)N1CCCCCC1C(=O)O)OCC1c2ccccc2-c2ccccc21. The molecule has 0 spiro atoms. The predicted octanol–water partition coefficient (Wildman–Crippen LogP) is 4.55. The summed E-state index contributed by atoms with van der Waals surface area (Å²) < 4.78 is 5.69. The fraction of sp³-hybridized carbons (Fsp3) is 0.464. The van der Waals surface area contributed by atoms with Crippen molar-refractivity contribution < 1.29 is 24.2 Å². The molecular weight excluding hydrogens is 444 g/mol. The van der Waals surface area contributed by atoms with E-state index in [1.807, 2.05) is 24.3 Å². The Morgan fingerprint density at radius 1 is 0.886 bits per heavy atom. The van der Waals surface area contributed by atoms with Crippen LogP contribution < -0.4 is 5.32 Å². The van der Waals surface area contributed by atoms with Crippen LogP contribution in [0.4, 0.5) is 4.79 Å². The second kappa shape index (κ2) is 10.1. The molecule has 1 heterocycles. The third-order valence-corrected chi connectivity index (χ3v) is 7.80. The van der Waals surface area contributed by atoms with Crippen LogP contribution in [0, 0.1) is 5.92 Å². The molecule has 0 bridgehead atoms. The van der Waals surface area contributed by atoms with Crippen LogP contribution in [-0.4, -0.2) is 53.2 Å². The van der Waals surface area contributed by atoms with E-state index in [0.717, 1.165) is 36.8 Å². The van der Waals surface area contributed by atoms with E-state index < -0.39 is 24.0 Å². The Labute approximate surface area is 205 Å². The molecule has 1 saturated carbocycles. The minimum atomic E-state index is -0.945. The quantitative estimate of drug-likeness (QED) is 0.660. The molecular formula is C28H32N2O5. The van der Waals surface area contributed by atoms with Crippen molar-refractivity contribution in [2.75, 3.05) is 13.2 Å². The zero-order chi connectivity index (χ0) is 24.4. The highest BCUT2D eigenvalue weighted by molar-refractivity contribution is 5.86. The fourth-order valence-corrected chi connectivity index (χ4v) is 6.06. The molecule has 0 aromatic heterocycles. The molecule has 2 fully saturated rings. The molecule has 1 saturated heterocycles. The molecule has 2 N–H and O–H groups in total. The molecule has 7 heteroatoms. The molecule has 3 aliphatic rings. The Balaban J connectivity index is 1.23. The van der Waals surface area contributed by atoms with Gasteiger partial charge in [-0.2, -0.15) is 0 Å². The van der Waals surface area contributed by atoms with E-state index in [-0.39, 0.29) is 24.5 Å². The summed E-state index contributed by atoms with van der Waals surface area (Å²) in [4.78, 5) is 39.5. The van der Waals surface area contributed by atoms with Crippen LogP contribution in [0.2, 0.25) is 0 Å². The van der Waals surface area contributed by atoms with E-state index in [1.54, 1.807) is 0 Å². The summed E-state index contributed by atoms with van der Waals surface area (Å²) in [5.41, 5.74) is 4.64. The molecule has 184 valence electrons. The molecule has 1 aliphatic heterocycles. The van der Waals surface area contributed by atoms with Gasteiger partial charge in [-0.3, -0.25) is 4.79 Å². The van der Waals surface area contributed by atoms with Gasteiger partial charge in [-0.25, -0.2) is 9.59 Å². The lowest BCUT2D eigenvalue weighted by Gasteiger charge is -2.31. The zero-order valence-corrected chi connectivity index (χ0v) is 19.8. The van der Waals surface area contributed by atoms with Gasteiger partial charge in [-0.05, 0) is 47.9 Å². The number of nitrogens with zero attached hydrogens (tertiary/aromatic N) is 1. The summed E-state index contributed by atoms with van der Waals surface area (Å²) in [6.45, 7) is 0.683. The monoisotopic (exact) mass is 476 g/mol. The Kier molecular flexibility index (Phi) is 6.75. The Hall–Kier alpha value is -3.35. The summed E-state index contributed by atoms with van der Waals surface area (Å²) in [7, 11) is 0. The number of amides is 2. The van der Waals surface area contributed by atoms with Gasteiger partial charge in [-0.1, -0.05) is 67.8 Å². The first-order valence-electron chi connectivity index (χ1n) is 12.7. The third-order valence-electron chi connectivity index (χ3n) is 7.80. The number of carboxylic acid groups (broad SMARTS) is 1. The standard InChI is InChI=1S/C28H32N2O5/c31-26(30-16-7-1-2-15-25(30)27(32)33)22-13-8-14-24(22)29-28(34)35-17-23-20-11-5-3-9-18(20)19-10-4-6-12-21(19)23/h3-6,9-12,22-25H,1-2,7-8,13-17H2,(H,29,34)(H,32,33)/t22-,24+,25?/m1/s1. The summed E-state index contributed by atoms with van der Waals surface area (Å²) in [6, 6.07) is 15.3. The average molecular weight is 477 g/mol. The number of hydrogen-bond donors (Lipinski definition) is 2. The Morgan fingerprint density at radius 3 is 2.26 bits per heavy atom. The molecule has 2 aromatic carbocycles. The van der Waals surface area contributed by atoms with Gasteiger partial charge in [0.2, 0.25) is 5.91 Å². The first kappa shape index (κ1) is 23.4. The number of aliphatic carboxylic acids is 1. The van der Waals surface area contributed by atoms with Gasteiger partial charge in [0.05, 0.1) is 5.92 Å². The molecule has 2 amide bonds. The second-order valence-electron chi connectivity index (χ2n) is 9.85. The van der Waals surface area contributed by atoms with Crippen molar-refractivity contribution in [2.45, 2.75) is 62.9 Å². The number of likely N-dealkylation sites (tertiary alicyclic amines) is 1. The van der Waals surface area contributed by atoms with Crippen molar-refractivity contribution >= 4 is 18.0 Å². The van der Waals surface area contributed by atoms with E-state index in [9.17, 15) is 19.5 Å². The molecule has 2 aliphatic carbocycles. The van der Waals surface area contributed by atoms with E-state index in [2.05, 4.69) is 29.6 Å². The maximum Gasteiger partial charge on any atom is 0.407 e. The lowest BCUT2D eigenvalue weighted by molar-refractivity contribution is -0.152. The summed E-state index contributed by atoms with van der Waals surface area (Å²) >= 11 is 0. The van der Waals surface area contributed by atoms with Crippen LogP contribution >= 0.6 is 0 Å².